The molecule has 1 spiro atoms. The van der Waals surface area contributed by atoms with Gasteiger partial charge < -0.3 is 9.31 Å². The molecule has 30 heavy (non-hydrogen) atoms. The molecule has 2 aromatic rings. The predicted octanol–water partition coefficient (Wildman–Crippen LogP) is 5.63. The molecule has 3 heteroatoms. The summed E-state index contributed by atoms with van der Waals surface area (Å²) in [6.45, 7) is 18.1. The second-order valence-electron chi connectivity index (χ2n) is 12.1. The SMILES string of the molecule is CC1(C)CC2(CC(C)(C)c3cc(B4OC(C)(C)C(C)(C)O4)ccc32)c2ccccc21. The van der Waals surface area contributed by atoms with E-state index in [9.17, 15) is 0 Å². The van der Waals surface area contributed by atoms with Gasteiger partial charge in [0.05, 0.1) is 11.2 Å². The summed E-state index contributed by atoms with van der Waals surface area (Å²) >= 11 is 0. The highest BCUT2D eigenvalue weighted by atomic mass is 16.7. The van der Waals surface area contributed by atoms with Crippen LogP contribution in [0.3, 0.4) is 0 Å². The van der Waals surface area contributed by atoms with Gasteiger partial charge in [0.15, 0.2) is 0 Å². The maximum absolute atomic E-state index is 6.36. The molecule has 0 N–H and O–H groups in total. The van der Waals surface area contributed by atoms with Gasteiger partial charge in [-0.05, 0) is 79.1 Å². The van der Waals surface area contributed by atoms with Crippen molar-refractivity contribution in [3.63, 3.8) is 0 Å². The summed E-state index contributed by atoms with van der Waals surface area (Å²) in [5.74, 6) is 0. The van der Waals surface area contributed by atoms with E-state index in [-0.39, 0.29) is 34.6 Å². The fourth-order valence-electron chi connectivity index (χ4n) is 6.44. The first-order chi connectivity index (χ1) is 13.8. The monoisotopic (exact) mass is 402 g/mol. The van der Waals surface area contributed by atoms with E-state index in [1.165, 1.54) is 28.7 Å². The lowest BCUT2D eigenvalue weighted by Gasteiger charge is -2.32. The van der Waals surface area contributed by atoms with Crippen LogP contribution in [0.1, 0.15) is 90.5 Å². The number of fused-ring (bicyclic) bond motifs is 4. The zero-order valence-electron chi connectivity index (χ0n) is 19.8. The average molecular weight is 402 g/mol. The fourth-order valence-corrected chi connectivity index (χ4v) is 6.44. The minimum Gasteiger partial charge on any atom is -0.399 e. The molecule has 0 bridgehead atoms. The van der Waals surface area contributed by atoms with E-state index in [1.54, 1.807) is 0 Å². The summed E-state index contributed by atoms with van der Waals surface area (Å²) in [6, 6.07) is 16.1. The maximum atomic E-state index is 6.36. The van der Waals surface area contributed by atoms with E-state index in [1.807, 2.05) is 0 Å². The average Bonchev–Trinajstić information content (AvgIpc) is 3.11. The lowest BCUT2D eigenvalue weighted by Crippen LogP contribution is -2.41. The minimum absolute atomic E-state index is 0.105. The molecule has 1 saturated heterocycles. The summed E-state index contributed by atoms with van der Waals surface area (Å²) in [7, 11) is -0.306. The van der Waals surface area contributed by atoms with Gasteiger partial charge in [-0.25, -0.2) is 0 Å². The smallest absolute Gasteiger partial charge is 0.399 e. The topological polar surface area (TPSA) is 18.5 Å². The Morgan fingerprint density at radius 2 is 1.13 bits per heavy atom. The van der Waals surface area contributed by atoms with Crippen LogP contribution >= 0.6 is 0 Å². The molecule has 2 aromatic carbocycles. The first-order valence-electron chi connectivity index (χ1n) is 11.4. The number of hydrogen-bond donors (Lipinski definition) is 0. The first-order valence-corrected chi connectivity index (χ1v) is 11.4. The molecule has 2 aliphatic carbocycles. The molecule has 1 aliphatic heterocycles. The van der Waals surface area contributed by atoms with Gasteiger partial charge in [0.2, 0.25) is 0 Å². The Kier molecular flexibility index (Phi) is 3.94. The molecule has 0 amide bonds. The van der Waals surface area contributed by atoms with Gasteiger partial charge in [0.1, 0.15) is 0 Å². The third-order valence-corrected chi connectivity index (χ3v) is 8.47. The van der Waals surface area contributed by atoms with Crippen LogP contribution in [0.2, 0.25) is 0 Å². The van der Waals surface area contributed by atoms with Crippen LogP contribution < -0.4 is 5.46 Å². The lowest BCUT2D eigenvalue weighted by atomic mass is 9.72. The van der Waals surface area contributed by atoms with Crippen molar-refractivity contribution < 1.29 is 9.31 Å². The van der Waals surface area contributed by atoms with Gasteiger partial charge in [0, 0.05) is 5.41 Å². The summed E-state index contributed by atoms with van der Waals surface area (Å²) in [5, 5.41) is 0. The van der Waals surface area contributed by atoms with Crippen LogP contribution in [0, 0.1) is 0 Å². The zero-order chi connectivity index (χ0) is 21.7. The third kappa shape index (κ3) is 2.58. The summed E-state index contributed by atoms with van der Waals surface area (Å²) < 4.78 is 12.7. The molecular formula is C27H35BO2. The molecule has 0 saturated carbocycles. The van der Waals surface area contributed by atoms with E-state index < -0.39 is 0 Å². The summed E-state index contributed by atoms with van der Waals surface area (Å²) in [4.78, 5) is 0. The third-order valence-electron chi connectivity index (χ3n) is 8.47. The van der Waals surface area contributed by atoms with E-state index in [2.05, 4.69) is 97.9 Å². The largest absolute Gasteiger partial charge is 0.494 e. The van der Waals surface area contributed by atoms with Crippen LogP contribution in [0.15, 0.2) is 42.5 Å². The Bertz CT molecular complexity index is 1020. The first kappa shape index (κ1) is 20.3. The van der Waals surface area contributed by atoms with E-state index in [0.717, 1.165) is 11.9 Å². The highest BCUT2D eigenvalue weighted by molar-refractivity contribution is 6.62. The number of hydrogen-bond acceptors (Lipinski definition) is 2. The second-order valence-corrected chi connectivity index (χ2v) is 12.1. The van der Waals surface area contributed by atoms with Crippen molar-refractivity contribution in [1.29, 1.82) is 0 Å². The van der Waals surface area contributed by atoms with Crippen molar-refractivity contribution >= 4 is 12.6 Å². The maximum Gasteiger partial charge on any atom is 0.494 e. The van der Waals surface area contributed by atoms with Gasteiger partial charge in [-0.15, -0.1) is 0 Å². The van der Waals surface area contributed by atoms with E-state index in [4.69, 9.17) is 9.31 Å². The van der Waals surface area contributed by atoms with Gasteiger partial charge >= 0.3 is 7.12 Å². The normalized spacial score (nSPS) is 29.3. The quantitative estimate of drug-likeness (QED) is 0.575. The number of benzene rings is 2. The molecule has 2 nitrogen and oxygen atoms in total. The molecule has 158 valence electrons. The van der Waals surface area contributed by atoms with Crippen molar-refractivity contribution in [2.75, 3.05) is 0 Å². The van der Waals surface area contributed by atoms with Crippen LogP contribution in [0.4, 0.5) is 0 Å². The Balaban J connectivity index is 1.63. The van der Waals surface area contributed by atoms with Gasteiger partial charge in [-0.1, -0.05) is 70.2 Å². The standard InChI is InChI=1S/C27H35BO2/c1-23(2)16-27(20-12-10-9-11-19(20)23)17-24(3,4)22-15-18(13-14-21(22)27)28-29-25(5,6)26(7,8)30-28/h9-15H,16-17H2,1-8H3. The van der Waals surface area contributed by atoms with Crippen molar-refractivity contribution in [1.82, 2.24) is 0 Å². The van der Waals surface area contributed by atoms with Crippen molar-refractivity contribution in [3.8, 4) is 0 Å². The molecule has 1 heterocycles. The van der Waals surface area contributed by atoms with Crippen LogP contribution in [0.25, 0.3) is 0 Å². The second kappa shape index (κ2) is 5.81. The highest BCUT2D eigenvalue weighted by Crippen LogP contribution is 2.62. The molecule has 1 unspecified atom stereocenters. The van der Waals surface area contributed by atoms with Crippen molar-refractivity contribution in [2.24, 2.45) is 0 Å². The molecule has 1 atom stereocenters. The molecule has 0 aromatic heterocycles. The molecule has 5 rings (SSSR count). The molecule has 0 radical (unpaired) electrons. The molecule has 1 fully saturated rings. The minimum atomic E-state index is -0.318. The fraction of sp³-hybridized carbons (Fsp3) is 0.556. The number of rotatable bonds is 1. The van der Waals surface area contributed by atoms with Crippen LogP contribution in [0.5, 0.6) is 0 Å². The summed E-state index contributed by atoms with van der Waals surface area (Å²) in [5.41, 5.74) is 6.93. The highest BCUT2D eigenvalue weighted by Gasteiger charge is 2.57. The van der Waals surface area contributed by atoms with Gasteiger partial charge in [-0.3, -0.25) is 0 Å². The lowest BCUT2D eigenvalue weighted by molar-refractivity contribution is 0.00578. The Hall–Kier alpha value is -1.58. The Morgan fingerprint density at radius 1 is 0.633 bits per heavy atom. The zero-order valence-corrected chi connectivity index (χ0v) is 19.8. The Morgan fingerprint density at radius 3 is 1.73 bits per heavy atom. The van der Waals surface area contributed by atoms with Gasteiger partial charge in [-0.2, -0.15) is 0 Å². The van der Waals surface area contributed by atoms with Crippen molar-refractivity contribution in [3.05, 3.63) is 64.7 Å². The van der Waals surface area contributed by atoms with Gasteiger partial charge in [0.25, 0.3) is 0 Å². The Labute approximate surface area is 182 Å². The molecular weight excluding hydrogens is 367 g/mol. The molecule has 3 aliphatic rings. The van der Waals surface area contributed by atoms with E-state index >= 15 is 0 Å². The van der Waals surface area contributed by atoms with Crippen LogP contribution in [-0.2, 0) is 25.6 Å². The predicted molar refractivity (Wildman–Crippen MR) is 125 cm³/mol. The van der Waals surface area contributed by atoms with Crippen LogP contribution in [-0.4, -0.2) is 18.3 Å². The summed E-state index contributed by atoms with van der Waals surface area (Å²) in [6.07, 6.45) is 2.33. The van der Waals surface area contributed by atoms with Crippen molar-refractivity contribution in [2.45, 2.75) is 95.7 Å². The van der Waals surface area contributed by atoms with E-state index in [0.29, 0.717) is 0 Å².